The van der Waals surface area contributed by atoms with E-state index in [2.05, 4.69) is 11.4 Å². The van der Waals surface area contributed by atoms with E-state index in [4.69, 9.17) is 4.74 Å². The lowest BCUT2D eigenvalue weighted by Crippen LogP contribution is -2.34. The number of aryl methyl sites for hydroxylation is 2. The van der Waals surface area contributed by atoms with Crippen LogP contribution in [0.15, 0.2) is 18.2 Å². The summed E-state index contributed by atoms with van der Waals surface area (Å²) in [4.78, 5) is 11.8. The normalized spacial score (nSPS) is 21.3. The molecule has 1 amide bonds. The Morgan fingerprint density at radius 3 is 2.57 bits per heavy atom. The predicted molar refractivity (Wildman–Crippen MR) is 82.3 cm³/mol. The van der Waals surface area contributed by atoms with Gasteiger partial charge in [0.2, 0.25) is 0 Å². The maximum absolute atomic E-state index is 11.8. The molecule has 0 saturated heterocycles. The molecule has 0 radical (unpaired) electrons. The molecule has 2 rings (SSSR count). The lowest BCUT2D eigenvalue weighted by molar-refractivity contribution is -0.123. The summed E-state index contributed by atoms with van der Waals surface area (Å²) in [6.45, 7) is 4.92. The largest absolute Gasteiger partial charge is 0.484 e. The van der Waals surface area contributed by atoms with Crippen molar-refractivity contribution in [3.05, 3.63) is 29.3 Å². The topological polar surface area (TPSA) is 58.6 Å². The molecular weight excluding hydrogens is 266 g/mol. The van der Waals surface area contributed by atoms with Crippen LogP contribution in [0, 0.1) is 25.7 Å². The molecule has 0 aromatic heterocycles. The van der Waals surface area contributed by atoms with Crippen LogP contribution in [0.3, 0.4) is 0 Å². The number of hydrogen-bond acceptors (Lipinski definition) is 3. The van der Waals surface area contributed by atoms with Gasteiger partial charge in [-0.1, -0.05) is 12.5 Å². The molecule has 0 spiro atoms. The first-order valence-electron chi connectivity index (χ1n) is 7.67. The van der Waals surface area contributed by atoms with E-state index in [9.17, 15) is 9.90 Å². The number of rotatable bonds is 6. The van der Waals surface area contributed by atoms with E-state index in [0.29, 0.717) is 18.4 Å². The molecule has 1 saturated carbocycles. The minimum absolute atomic E-state index is 0.0411. The van der Waals surface area contributed by atoms with Crippen LogP contribution in [-0.2, 0) is 4.79 Å². The smallest absolute Gasteiger partial charge is 0.257 e. The van der Waals surface area contributed by atoms with E-state index in [1.54, 1.807) is 0 Å². The van der Waals surface area contributed by atoms with Gasteiger partial charge in [-0.25, -0.2) is 0 Å². The van der Waals surface area contributed by atoms with E-state index in [0.717, 1.165) is 36.1 Å². The van der Waals surface area contributed by atoms with Crippen molar-refractivity contribution in [3.63, 3.8) is 0 Å². The monoisotopic (exact) mass is 291 g/mol. The van der Waals surface area contributed by atoms with Gasteiger partial charge in [-0.05, 0) is 61.8 Å². The first-order valence-corrected chi connectivity index (χ1v) is 7.67. The number of aliphatic hydroxyl groups is 1. The van der Waals surface area contributed by atoms with Crippen LogP contribution in [0.1, 0.15) is 30.4 Å². The highest BCUT2D eigenvalue weighted by molar-refractivity contribution is 5.77. The van der Waals surface area contributed by atoms with Crippen molar-refractivity contribution in [2.24, 2.45) is 11.8 Å². The SMILES string of the molecule is Cc1cc(C)cc(OCC(=O)NCC2CCCC2CO)c1. The molecule has 1 fully saturated rings. The summed E-state index contributed by atoms with van der Waals surface area (Å²) in [6.07, 6.45) is 3.30. The number of aliphatic hydroxyl groups excluding tert-OH is 1. The summed E-state index contributed by atoms with van der Waals surface area (Å²) >= 11 is 0. The number of carbonyl (C=O) groups excluding carboxylic acids is 1. The van der Waals surface area contributed by atoms with E-state index in [1.165, 1.54) is 0 Å². The maximum Gasteiger partial charge on any atom is 0.257 e. The fourth-order valence-electron chi connectivity index (χ4n) is 3.08. The highest BCUT2D eigenvalue weighted by Gasteiger charge is 2.26. The average Bonchev–Trinajstić information content (AvgIpc) is 2.89. The van der Waals surface area contributed by atoms with Crippen molar-refractivity contribution < 1.29 is 14.6 Å². The molecule has 0 aliphatic heterocycles. The van der Waals surface area contributed by atoms with Crippen molar-refractivity contribution >= 4 is 5.91 Å². The Bertz CT molecular complexity index is 467. The summed E-state index contributed by atoms with van der Waals surface area (Å²) in [5.41, 5.74) is 2.25. The minimum atomic E-state index is -0.0993. The number of amides is 1. The van der Waals surface area contributed by atoms with Gasteiger partial charge in [-0.3, -0.25) is 4.79 Å². The van der Waals surface area contributed by atoms with Gasteiger partial charge in [0.25, 0.3) is 5.91 Å². The van der Waals surface area contributed by atoms with Crippen molar-refractivity contribution in [2.45, 2.75) is 33.1 Å². The van der Waals surface area contributed by atoms with Gasteiger partial charge in [0.15, 0.2) is 6.61 Å². The molecule has 1 aromatic carbocycles. The van der Waals surface area contributed by atoms with Gasteiger partial charge < -0.3 is 15.2 Å². The van der Waals surface area contributed by atoms with Gasteiger partial charge >= 0.3 is 0 Å². The molecule has 1 aliphatic carbocycles. The second kappa shape index (κ2) is 7.46. The molecule has 4 nitrogen and oxygen atoms in total. The third-order valence-electron chi connectivity index (χ3n) is 4.18. The number of hydrogen-bond donors (Lipinski definition) is 2. The molecule has 1 aliphatic rings. The van der Waals surface area contributed by atoms with Crippen molar-refractivity contribution in [1.82, 2.24) is 5.32 Å². The Morgan fingerprint density at radius 2 is 1.90 bits per heavy atom. The zero-order chi connectivity index (χ0) is 15.2. The van der Waals surface area contributed by atoms with Crippen molar-refractivity contribution in [1.29, 1.82) is 0 Å². The predicted octanol–water partition coefficient (Wildman–Crippen LogP) is 2.21. The molecule has 116 valence electrons. The third-order valence-corrected chi connectivity index (χ3v) is 4.18. The van der Waals surface area contributed by atoms with Gasteiger partial charge in [-0.2, -0.15) is 0 Å². The molecular formula is C17H25NO3. The van der Waals surface area contributed by atoms with Crippen LogP contribution in [0.25, 0.3) is 0 Å². The first kappa shape index (κ1) is 15.8. The van der Waals surface area contributed by atoms with Crippen LogP contribution in [0.5, 0.6) is 5.75 Å². The molecule has 2 unspecified atom stereocenters. The molecule has 2 atom stereocenters. The first-order chi connectivity index (χ1) is 10.1. The Kier molecular flexibility index (Phi) is 5.62. The average molecular weight is 291 g/mol. The highest BCUT2D eigenvalue weighted by atomic mass is 16.5. The summed E-state index contributed by atoms with van der Waals surface area (Å²) < 4.78 is 5.54. The molecule has 21 heavy (non-hydrogen) atoms. The zero-order valence-electron chi connectivity index (χ0n) is 12.9. The van der Waals surface area contributed by atoms with E-state index in [1.807, 2.05) is 26.0 Å². The number of benzene rings is 1. The van der Waals surface area contributed by atoms with Gasteiger partial charge in [-0.15, -0.1) is 0 Å². The van der Waals surface area contributed by atoms with E-state index < -0.39 is 0 Å². The number of ether oxygens (including phenoxy) is 1. The van der Waals surface area contributed by atoms with Crippen molar-refractivity contribution in [2.75, 3.05) is 19.8 Å². The fourth-order valence-corrected chi connectivity index (χ4v) is 3.08. The third kappa shape index (κ3) is 4.74. The highest BCUT2D eigenvalue weighted by Crippen LogP contribution is 2.30. The standard InChI is InChI=1S/C17H25NO3/c1-12-6-13(2)8-16(7-12)21-11-17(20)18-9-14-4-3-5-15(14)10-19/h6-8,14-15,19H,3-5,9-11H2,1-2H3,(H,18,20). The number of carbonyl (C=O) groups is 1. The Morgan fingerprint density at radius 1 is 1.24 bits per heavy atom. The van der Waals surface area contributed by atoms with Crippen LogP contribution >= 0.6 is 0 Å². The summed E-state index contributed by atoms with van der Waals surface area (Å²) in [5, 5.41) is 12.2. The maximum atomic E-state index is 11.8. The Balaban J connectivity index is 1.74. The van der Waals surface area contributed by atoms with Gasteiger partial charge in [0.1, 0.15) is 5.75 Å². The van der Waals surface area contributed by atoms with Gasteiger partial charge in [0.05, 0.1) is 0 Å². The van der Waals surface area contributed by atoms with E-state index >= 15 is 0 Å². The molecule has 2 N–H and O–H groups in total. The number of nitrogens with one attached hydrogen (secondary N) is 1. The lowest BCUT2D eigenvalue weighted by Gasteiger charge is -2.17. The quantitative estimate of drug-likeness (QED) is 0.845. The van der Waals surface area contributed by atoms with Crippen molar-refractivity contribution in [3.8, 4) is 5.75 Å². The summed E-state index contributed by atoms with van der Waals surface area (Å²) in [5.74, 6) is 1.38. The molecule has 1 aromatic rings. The van der Waals surface area contributed by atoms with E-state index in [-0.39, 0.29) is 19.1 Å². The summed E-state index contributed by atoms with van der Waals surface area (Å²) in [6, 6.07) is 5.93. The van der Waals surface area contributed by atoms with Crippen LogP contribution < -0.4 is 10.1 Å². The van der Waals surface area contributed by atoms with Crippen LogP contribution in [0.2, 0.25) is 0 Å². The van der Waals surface area contributed by atoms with Gasteiger partial charge in [0, 0.05) is 13.2 Å². The molecule has 0 bridgehead atoms. The second-order valence-electron chi connectivity index (χ2n) is 6.05. The second-order valence-corrected chi connectivity index (χ2v) is 6.05. The fraction of sp³-hybridized carbons (Fsp3) is 0.588. The van der Waals surface area contributed by atoms with Crippen LogP contribution in [-0.4, -0.2) is 30.8 Å². The molecule has 4 heteroatoms. The lowest BCUT2D eigenvalue weighted by atomic mass is 9.97. The summed E-state index contributed by atoms with van der Waals surface area (Å²) in [7, 11) is 0. The zero-order valence-corrected chi connectivity index (χ0v) is 12.9. The minimum Gasteiger partial charge on any atom is -0.484 e. The molecule has 0 heterocycles. The Labute approximate surface area is 126 Å². The Hall–Kier alpha value is -1.55. The van der Waals surface area contributed by atoms with Crippen LogP contribution in [0.4, 0.5) is 0 Å².